The Morgan fingerprint density at radius 1 is 1.00 bits per heavy atom. The molecule has 0 aromatic heterocycles. The predicted molar refractivity (Wildman–Crippen MR) is 114 cm³/mol. The molecule has 0 aliphatic rings. The van der Waals surface area contributed by atoms with Crippen molar-refractivity contribution >= 4 is 35.0 Å². The Morgan fingerprint density at radius 2 is 1.64 bits per heavy atom. The molecule has 0 bridgehead atoms. The molecule has 2 aromatic rings. The second-order valence-electron chi connectivity index (χ2n) is 5.41. The van der Waals surface area contributed by atoms with Crippen molar-refractivity contribution in [2.24, 2.45) is 0 Å². The number of thioether (sulfide) groups is 1. The number of methoxy groups -OCH3 is 3. The first kappa shape index (κ1) is 21.6. The molecule has 3 N–H and O–H groups in total. The van der Waals surface area contributed by atoms with E-state index in [9.17, 15) is 4.79 Å². The van der Waals surface area contributed by atoms with Gasteiger partial charge in [-0.2, -0.15) is 0 Å². The van der Waals surface area contributed by atoms with E-state index in [0.29, 0.717) is 34.5 Å². The number of ether oxygens (including phenoxy) is 3. The first-order chi connectivity index (χ1) is 13.6. The predicted octanol–water partition coefficient (Wildman–Crippen LogP) is 2.61. The summed E-state index contributed by atoms with van der Waals surface area (Å²) >= 11 is 6.89. The summed E-state index contributed by atoms with van der Waals surface area (Å²) in [5.41, 5.74) is 5.57. The van der Waals surface area contributed by atoms with Crippen LogP contribution < -0.4 is 30.4 Å². The van der Waals surface area contributed by atoms with E-state index in [0.717, 1.165) is 5.75 Å². The molecule has 0 heterocycles. The summed E-state index contributed by atoms with van der Waals surface area (Å²) in [6.07, 6.45) is 0. The fraction of sp³-hybridized carbons (Fsp3) is 0.263. The molecule has 7 nitrogen and oxygen atoms in total. The maximum Gasteiger partial charge on any atom is 0.269 e. The molecule has 0 spiro atoms. The lowest BCUT2D eigenvalue weighted by Crippen LogP contribution is -2.47. The summed E-state index contributed by atoms with van der Waals surface area (Å²) in [6, 6.07) is 13.2. The van der Waals surface area contributed by atoms with Gasteiger partial charge in [-0.3, -0.25) is 15.6 Å². The van der Waals surface area contributed by atoms with Crippen LogP contribution in [0.3, 0.4) is 0 Å². The van der Waals surface area contributed by atoms with Gasteiger partial charge < -0.3 is 19.5 Å². The van der Waals surface area contributed by atoms with Crippen molar-refractivity contribution in [2.75, 3.05) is 33.6 Å². The molecule has 0 fully saturated rings. The van der Waals surface area contributed by atoms with Crippen LogP contribution in [0.5, 0.6) is 17.2 Å². The van der Waals surface area contributed by atoms with Gasteiger partial charge in [-0.1, -0.05) is 18.2 Å². The van der Waals surface area contributed by atoms with Gasteiger partial charge in [0.25, 0.3) is 5.91 Å². The SMILES string of the molecule is COc1cc(C(=O)NNC(=S)NCCSc2ccccc2)cc(OC)c1OC. The highest BCUT2D eigenvalue weighted by Gasteiger charge is 2.17. The van der Waals surface area contributed by atoms with E-state index in [4.69, 9.17) is 26.4 Å². The maximum absolute atomic E-state index is 12.4. The van der Waals surface area contributed by atoms with Gasteiger partial charge in [0.15, 0.2) is 16.6 Å². The Balaban J connectivity index is 1.82. The molecule has 0 aliphatic carbocycles. The van der Waals surface area contributed by atoms with Crippen LogP contribution in [-0.4, -0.2) is 44.6 Å². The van der Waals surface area contributed by atoms with Crippen LogP contribution in [0.4, 0.5) is 0 Å². The van der Waals surface area contributed by atoms with Gasteiger partial charge in [0.2, 0.25) is 5.75 Å². The van der Waals surface area contributed by atoms with Gasteiger partial charge in [0, 0.05) is 22.8 Å². The molecule has 0 aliphatic heterocycles. The molecule has 150 valence electrons. The molecule has 1 amide bonds. The molecule has 0 unspecified atom stereocenters. The summed E-state index contributed by atoms with van der Waals surface area (Å²) in [7, 11) is 4.48. The van der Waals surface area contributed by atoms with Crippen LogP contribution in [0, 0.1) is 0 Å². The molecule has 2 rings (SSSR count). The smallest absolute Gasteiger partial charge is 0.269 e. The number of thiocarbonyl (C=S) groups is 1. The number of amides is 1. The molecule has 0 saturated carbocycles. The van der Waals surface area contributed by atoms with Gasteiger partial charge in [0.1, 0.15) is 0 Å². The molecular weight excluding hydrogens is 398 g/mol. The van der Waals surface area contributed by atoms with E-state index in [1.54, 1.807) is 23.9 Å². The van der Waals surface area contributed by atoms with Gasteiger partial charge in [0.05, 0.1) is 21.3 Å². The number of rotatable bonds is 8. The molecular formula is C19H23N3O4S2. The molecule has 2 aromatic carbocycles. The minimum absolute atomic E-state index is 0.328. The Hall–Kier alpha value is -2.65. The van der Waals surface area contributed by atoms with E-state index >= 15 is 0 Å². The minimum Gasteiger partial charge on any atom is -0.493 e. The van der Waals surface area contributed by atoms with Gasteiger partial charge in [-0.05, 0) is 36.5 Å². The first-order valence-corrected chi connectivity index (χ1v) is 9.80. The van der Waals surface area contributed by atoms with Crippen LogP contribution in [-0.2, 0) is 0 Å². The van der Waals surface area contributed by atoms with E-state index < -0.39 is 0 Å². The number of nitrogens with one attached hydrogen (secondary N) is 3. The van der Waals surface area contributed by atoms with Crippen LogP contribution in [0.2, 0.25) is 0 Å². The maximum atomic E-state index is 12.4. The summed E-state index contributed by atoms with van der Waals surface area (Å²) in [5, 5.41) is 3.37. The quantitative estimate of drug-likeness (QED) is 0.260. The number of hydrazine groups is 1. The van der Waals surface area contributed by atoms with Crippen LogP contribution in [0.1, 0.15) is 10.4 Å². The lowest BCUT2D eigenvalue weighted by atomic mass is 10.1. The summed E-state index contributed by atoms with van der Waals surface area (Å²) in [5.74, 6) is 1.66. The average Bonchev–Trinajstić information content (AvgIpc) is 2.74. The summed E-state index contributed by atoms with van der Waals surface area (Å²) in [6.45, 7) is 0.658. The average molecular weight is 422 g/mol. The highest BCUT2D eigenvalue weighted by molar-refractivity contribution is 7.99. The van der Waals surface area contributed by atoms with E-state index in [-0.39, 0.29) is 5.91 Å². The highest BCUT2D eigenvalue weighted by Crippen LogP contribution is 2.38. The lowest BCUT2D eigenvalue weighted by Gasteiger charge is -2.15. The fourth-order valence-corrected chi connectivity index (χ4v) is 3.23. The Bertz CT molecular complexity index is 778. The third kappa shape index (κ3) is 6.21. The number of carbonyl (C=O) groups is 1. The Labute approximate surface area is 174 Å². The highest BCUT2D eigenvalue weighted by atomic mass is 32.2. The largest absolute Gasteiger partial charge is 0.493 e. The normalized spacial score (nSPS) is 9.96. The second kappa shape index (κ2) is 11.3. The van der Waals surface area contributed by atoms with Crippen molar-refractivity contribution in [3.63, 3.8) is 0 Å². The van der Waals surface area contributed by atoms with Crippen LogP contribution >= 0.6 is 24.0 Å². The van der Waals surface area contributed by atoms with Crippen molar-refractivity contribution < 1.29 is 19.0 Å². The summed E-state index contributed by atoms with van der Waals surface area (Å²) in [4.78, 5) is 13.6. The monoisotopic (exact) mass is 421 g/mol. The molecule has 0 radical (unpaired) electrons. The van der Waals surface area contributed by atoms with Crippen molar-refractivity contribution in [1.29, 1.82) is 0 Å². The van der Waals surface area contributed by atoms with Crippen molar-refractivity contribution in [3.05, 3.63) is 48.0 Å². The van der Waals surface area contributed by atoms with Crippen LogP contribution in [0.15, 0.2) is 47.4 Å². The van der Waals surface area contributed by atoms with Crippen molar-refractivity contribution in [1.82, 2.24) is 16.2 Å². The van der Waals surface area contributed by atoms with Gasteiger partial charge >= 0.3 is 0 Å². The van der Waals surface area contributed by atoms with Crippen molar-refractivity contribution in [2.45, 2.75) is 4.90 Å². The molecule has 0 atom stereocenters. The number of benzene rings is 2. The zero-order valence-corrected chi connectivity index (χ0v) is 17.5. The fourth-order valence-electron chi connectivity index (χ4n) is 2.29. The van der Waals surface area contributed by atoms with Crippen molar-refractivity contribution in [3.8, 4) is 17.2 Å². The van der Waals surface area contributed by atoms with Gasteiger partial charge in [-0.15, -0.1) is 11.8 Å². The summed E-state index contributed by atoms with van der Waals surface area (Å²) < 4.78 is 15.8. The molecule has 0 saturated heterocycles. The third-order valence-corrected chi connectivity index (χ3v) is 4.88. The zero-order valence-electron chi connectivity index (χ0n) is 15.9. The lowest BCUT2D eigenvalue weighted by molar-refractivity contribution is 0.0943. The Morgan fingerprint density at radius 3 is 2.21 bits per heavy atom. The van der Waals surface area contributed by atoms with Crippen LogP contribution in [0.25, 0.3) is 0 Å². The first-order valence-electron chi connectivity index (χ1n) is 8.41. The van der Waals surface area contributed by atoms with E-state index in [1.807, 2.05) is 18.2 Å². The second-order valence-corrected chi connectivity index (χ2v) is 6.99. The number of hydrogen-bond acceptors (Lipinski definition) is 6. The number of carbonyl (C=O) groups excluding carboxylic acids is 1. The zero-order chi connectivity index (χ0) is 20.4. The van der Waals surface area contributed by atoms with E-state index in [1.165, 1.54) is 26.2 Å². The topological polar surface area (TPSA) is 80.9 Å². The molecule has 9 heteroatoms. The number of hydrogen-bond donors (Lipinski definition) is 3. The third-order valence-electron chi connectivity index (χ3n) is 3.62. The Kier molecular flexibility index (Phi) is 8.70. The van der Waals surface area contributed by atoms with E-state index in [2.05, 4.69) is 28.3 Å². The molecule has 28 heavy (non-hydrogen) atoms. The minimum atomic E-state index is -0.387. The standard InChI is InChI=1S/C19H23N3O4S2/c1-24-15-11-13(12-16(25-2)17(15)26-3)18(23)21-22-19(27)20-9-10-28-14-7-5-4-6-8-14/h4-8,11-12H,9-10H2,1-3H3,(H,21,23)(H2,20,22,27). The van der Waals surface area contributed by atoms with Gasteiger partial charge in [-0.25, -0.2) is 0 Å².